The van der Waals surface area contributed by atoms with Gasteiger partial charge in [0.2, 0.25) is 23.6 Å². The molecule has 22 nitrogen and oxygen atoms in total. The van der Waals surface area contributed by atoms with Crippen LogP contribution in [0, 0.1) is 0 Å². The Morgan fingerprint density at radius 3 is 1.59 bits per heavy atom. The molecule has 0 aliphatic carbocycles. The molecule has 9 N–H and O–H groups in total. The SMILES string of the molecule is CCOC(=O)[C@@H](NC(=O)[C@H](CNC(=O)C[C@H](CCCNC(=O)OC(C)(C)C)NC(=O)OC(C)(C)C)NC(=O)[C@H](C)NC(=O)[C@H](CN)NC(=O)OC(C)(C)C)C(OCC)OCC. The first-order valence-electron chi connectivity index (χ1n) is 20.4. The van der Waals surface area contributed by atoms with E-state index in [1.807, 2.05) is 0 Å². The van der Waals surface area contributed by atoms with Gasteiger partial charge in [0.1, 0.15) is 34.9 Å². The molecule has 22 heteroatoms. The molecule has 0 bridgehead atoms. The molecular formula is C39H72N8O14. The van der Waals surface area contributed by atoms with E-state index in [2.05, 4.69) is 37.2 Å². The van der Waals surface area contributed by atoms with E-state index in [4.69, 9.17) is 34.2 Å². The molecular weight excluding hydrogens is 804 g/mol. The molecule has 0 heterocycles. The summed E-state index contributed by atoms with van der Waals surface area (Å²) in [7, 11) is 0. The van der Waals surface area contributed by atoms with E-state index < -0.39 is 108 Å². The van der Waals surface area contributed by atoms with E-state index in [1.54, 1.807) is 83.1 Å². The Morgan fingerprint density at radius 1 is 0.590 bits per heavy atom. The molecule has 0 aromatic carbocycles. The molecule has 61 heavy (non-hydrogen) atoms. The minimum Gasteiger partial charge on any atom is -0.464 e. The van der Waals surface area contributed by atoms with E-state index >= 15 is 0 Å². The van der Waals surface area contributed by atoms with Gasteiger partial charge in [-0.05, 0) is 103 Å². The van der Waals surface area contributed by atoms with Crippen molar-refractivity contribution in [3.8, 4) is 0 Å². The summed E-state index contributed by atoms with van der Waals surface area (Å²) in [5.41, 5.74) is 3.27. The lowest BCUT2D eigenvalue weighted by atomic mass is 10.1. The van der Waals surface area contributed by atoms with Gasteiger partial charge in [-0.3, -0.25) is 19.2 Å². The summed E-state index contributed by atoms with van der Waals surface area (Å²) in [6.07, 6.45) is -3.47. The Morgan fingerprint density at radius 2 is 1.10 bits per heavy atom. The summed E-state index contributed by atoms with van der Waals surface area (Å²) in [6.45, 7) is 20.6. The number of alkyl carbamates (subject to hydrolysis) is 3. The molecule has 0 radical (unpaired) electrons. The van der Waals surface area contributed by atoms with Crippen LogP contribution in [0.4, 0.5) is 14.4 Å². The van der Waals surface area contributed by atoms with Crippen LogP contribution < -0.4 is 43.0 Å². The van der Waals surface area contributed by atoms with Crippen LogP contribution in [0.15, 0.2) is 0 Å². The van der Waals surface area contributed by atoms with Gasteiger partial charge in [0.05, 0.1) is 6.61 Å². The van der Waals surface area contributed by atoms with Gasteiger partial charge in [-0.25, -0.2) is 19.2 Å². The minimum absolute atomic E-state index is 0.0499. The highest BCUT2D eigenvalue weighted by Gasteiger charge is 2.36. The molecule has 0 saturated heterocycles. The maximum absolute atomic E-state index is 13.9. The fraction of sp³-hybridized carbons (Fsp3) is 0.795. The summed E-state index contributed by atoms with van der Waals surface area (Å²) < 4.78 is 32.0. The maximum atomic E-state index is 13.9. The molecule has 0 unspecified atom stereocenters. The number of nitrogens with one attached hydrogen (secondary N) is 7. The topological polar surface area (TPSA) is 302 Å². The average Bonchev–Trinajstić information content (AvgIpc) is 3.10. The van der Waals surface area contributed by atoms with Crippen LogP contribution in [-0.2, 0) is 52.4 Å². The predicted molar refractivity (Wildman–Crippen MR) is 222 cm³/mol. The van der Waals surface area contributed by atoms with Crippen molar-refractivity contribution in [2.24, 2.45) is 5.73 Å². The van der Waals surface area contributed by atoms with Gasteiger partial charge in [-0.1, -0.05) is 0 Å². The fourth-order valence-electron chi connectivity index (χ4n) is 4.92. The lowest BCUT2D eigenvalue weighted by Gasteiger charge is -2.28. The summed E-state index contributed by atoms with van der Waals surface area (Å²) in [4.78, 5) is 104. The molecule has 0 rings (SSSR count). The second kappa shape index (κ2) is 27.1. The fourth-order valence-corrected chi connectivity index (χ4v) is 4.92. The van der Waals surface area contributed by atoms with Crippen LogP contribution in [0.25, 0.3) is 0 Å². The van der Waals surface area contributed by atoms with Gasteiger partial charge in [0, 0.05) is 45.3 Å². The van der Waals surface area contributed by atoms with Crippen LogP contribution in [0.2, 0.25) is 0 Å². The third-order valence-corrected chi connectivity index (χ3v) is 7.45. The van der Waals surface area contributed by atoms with E-state index in [1.165, 1.54) is 6.92 Å². The molecule has 0 fully saturated rings. The normalized spacial score (nSPS) is 14.1. The van der Waals surface area contributed by atoms with E-state index in [-0.39, 0.29) is 45.8 Å². The number of ether oxygens (including phenoxy) is 6. The monoisotopic (exact) mass is 877 g/mol. The van der Waals surface area contributed by atoms with E-state index in [0.29, 0.717) is 6.42 Å². The number of esters is 1. The quantitative estimate of drug-likeness (QED) is 0.0290. The lowest BCUT2D eigenvalue weighted by molar-refractivity contribution is -0.180. The Hall–Kier alpha value is -4.96. The van der Waals surface area contributed by atoms with Crippen molar-refractivity contribution in [3.05, 3.63) is 0 Å². The van der Waals surface area contributed by atoms with Crippen molar-refractivity contribution in [2.45, 2.75) is 163 Å². The van der Waals surface area contributed by atoms with Crippen molar-refractivity contribution in [1.82, 2.24) is 37.2 Å². The van der Waals surface area contributed by atoms with Gasteiger partial charge < -0.3 is 71.4 Å². The standard InChI is InChI=1S/C39H72N8O14/c1-14-56-32(52)28(33(57-15-2)58-16-3)47-31(51)26(45-29(49)23(4)43-30(50)25(21-40)46-36(55)61-39(11,12)13)22-42-27(48)20-24(44-35(54)60-38(8,9)10)18-17-19-41-34(53)59-37(5,6)7/h23-26,28,33H,14-22,40H2,1-13H3,(H,41,53)(H,42,48)(H,43,50)(H,44,54)(H,45,49)(H,46,55)(H,47,51)/t23-,24-,25-,26-,28+/m0/s1. The third kappa shape index (κ3) is 26.1. The van der Waals surface area contributed by atoms with Crippen molar-refractivity contribution in [1.29, 1.82) is 0 Å². The van der Waals surface area contributed by atoms with Gasteiger partial charge in [0.25, 0.3) is 0 Å². The molecule has 0 aromatic rings. The number of hydrogen-bond donors (Lipinski definition) is 8. The Labute approximate surface area is 359 Å². The number of carbonyl (C=O) groups excluding carboxylic acids is 8. The number of hydrogen-bond acceptors (Lipinski definition) is 15. The van der Waals surface area contributed by atoms with Crippen LogP contribution in [0.1, 0.15) is 109 Å². The highest BCUT2D eigenvalue weighted by Crippen LogP contribution is 2.11. The highest BCUT2D eigenvalue weighted by molar-refractivity contribution is 5.95. The maximum Gasteiger partial charge on any atom is 0.408 e. The lowest BCUT2D eigenvalue weighted by Crippen LogP contribution is -2.61. The van der Waals surface area contributed by atoms with Gasteiger partial charge in [0.15, 0.2) is 12.3 Å². The van der Waals surface area contributed by atoms with E-state index in [9.17, 15) is 38.4 Å². The first-order chi connectivity index (χ1) is 28.1. The number of carbonyl (C=O) groups is 8. The molecule has 0 aromatic heterocycles. The molecule has 0 aliphatic rings. The minimum atomic E-state index is -1.59. The number of rotatable bonds is 24. The summed E-state index contributed by atoms with van der Waals surface area (Å²) in [5, 5.41) is 17.5. The summed E-state index contributed by atoms with van der Waals surface area (Å²) in [6, 6.07) is -6.54. The predicted octanol–water partition coefficient (Wildman–Crippen LogP) is 0.979. The van der Waals surface area contributed by atoms with Crippen molar-refractivity contribution >= 4 is 47.9 Å². The number of amides is 7. The van der Waals surface area contributed by atoms with Gasteiger partial charge >= 0.3 is 24.2 Å². The smallest absolute Gasteiger partial charge is 0.408 e. The number of nitrogens with two attached hydrogens (primary N) is 1. The van der Waals surface area contributed by atoms with Crippen molar-refractivity contribution < 1.29 is 66.8 Å². The van der Waals surface area contributed by atoms with Gasteiger partial charge in [-0.2, -0.15) is 0 Å². The van der Waals surface area contributed by atoms with E-state index in [0.717, 1.165) is 0 Å². The Balaban J connectivity index is 6.34. The van der Waals surface area contributed by atoms with Crippen LogP contribution >= 0.6 is 0 Å². The van der Waals surface area contributed by atoms with Crippen molar-refractivity contribution in [3.63, 3.8) is 0 Å². The zero-order valence-electron chi connectivity index (χ0n) is 38.1. The van der Waals surface area contributed by atoms with Gasteiger partial charge in [-0.15, -0.1) is 0 Å². The summed E-state index contributed by atoms with van der Waals surface area (Å²) in [5.74, 6) is -4.29. The zero-order valence-corrected chi connectivity index (χ0v) is 38.1. The molecule has 7 amide bonds. The molecule has 0 saturated carbocycles. The second-order valence-electron chi connectivity index (χ2n) is 16.7. The van der Waals surface area contributed by atoms with Crippen LogP contribution in [0.5, 0.6) is 0 Å². The van der Waals surface area contributed by atoms with Crippen LogP contribution in [0.3, 0.4) is 0 Å². The average molecular weight is 877 g/mol. The van der Waals surface area contributed by atoms with Crippen LogP contribution in [-0.4, -0.2) is 141 Å². The Bertz CT molecular complexity index is 1440. The third-order valence-electron chi connectivity index (χ3n) is 7.45. The largest absolute Gasteiger partial charge is 0.464 e. The second-order valence-corrected chi connectivity index (χ2v) is 16.7. The first kappa shape index (κ1) is 56.0. The zero-order chi connectivity index (χ0) is 47.1. The van der Waals surface area contributed by atoms with Crippen molar-refractivity contribution in [2.75, 3.05) is 39.5 Å². The molecule has 0 aliphatic heterocycles. The summed E-state index contributed by atoms with van der Waals surface area (Å²) >= 11 is 0. The molecule has 0 spiro atoms. The Kier molecular flexibility index (Phi) is 24.9. The molecule has 352 valence electrons. The first-order valence-corrected chi connectivity index (χ1v) is 20.4. The molecule has 5 atom stereocenters. The highest BCUT2D eigenvalue weighted by atomic mass is 16.7.